The van der Waals surface area contributed by atoms with Gasteiger partial charge in [0.1, 0.15) is 12.3 Å². The highest BCUT2D eigenvalue weighted by molar-refractivity contribution is 5.96. The summed E-state index contributed by atoms with van der Waals surface area (Å²) < 4.78 is 28.4. The Kier molecular flexibility index (Phi) is 5.28. The van der Waals surface area contributed by atoms with Crippen LogP contribution in [-0.2, 0) is 0 Å². The molecule has 1 saturated heterocycles. The molecule has 5 heteroatoms. The van der Waals surface area contributed by atoms with E-state index in [4.69, 9.17) is 0 Å². The molecule has 0 spiro atoms. The Labute approximate surface area is 123 Å². The summed E-state index contributed by atoms with van der Waals surface area (Å²) >= 11 is 0. The maximum absolute atomic E-state index is 12.2. The molecule has 116 valence electrons. The minimum atomic E-state index is -2.84. The summed E-state index contributed by atoms with van der Waals surface area (Å²) in [6.07, 6.45) is 1.22. The molecule has 21 heavy (non-hydrogen) atoms. The van der Waals surface area contributed by atoms with Crippen molar-refractivity contribution in [3.63, 3.8) is 0 Å². The average Bonchev–Trinajstić information content (AvgIpc) is 2.37. The summed E-state index contributed by atoms with van der Waals surface area (Å²) in [6, 6.07) is 5.93. The number of halogens is 2. The fourth-order valence-electron chi connectivity index (χ4n) is 3.22. The van der Waals surface area contributed by atoms with E-state index in [2.05, 4.69) is 18.6 Å². The van der Waals surface area contributed by atoms with Gasteiger partial charge in [0, 0.05) is 17.4 Å². The van der Waals surface area contributed by atoms with Crippen molar-refractivity contribution >= 4 is 5.78 Å². The first-order valence-corrected chi connectivity index (χ1v) is 7.35. The van der Waals surface area contributed by atoms with Crippen LogP contribution in [0.25, 0.3) is 0 Å². The molecule has 3 nitrogen and oxygen atoms in total. The Morgan fingerprint density at radius 1 is 1.24 bits per heavy atom. The van der Waals surface area contributed by atoms with Gasteiger partial charge in [-0.25, -0.2) is 0 Å². The number of quaternary nitrogens is 1. The molecule has 2 atom stereocenters. The molecule has 1 aliphatic rings. The number of ether oxygens (including phenoxy) is 1. The third kappa shape index (κ3) is 4.77. The van der Waals surface area contributed by atoms with Gasteiger partial charge in [-0.15, -0.1) is 0 Å². The van der Waals surface area contributed by atoms with E-state index in [1.54, 1.807) is 12.1 Å². The van der Waals surface area contributed by atoms with Crippen LogP contribution in [0.4, 0.5) is 8.78 Å². The highest BCUT2D eigenvalue weighted by Crippen LogP contribution is 2.15. The van der Waals surface area contributed by atoms with Gasteiger partial charge in [-0.2, -0.15) is 8.78 Å². The van der Waals surface area contributed by atoms with Crippen LogP contribution < -0.4 is 9.64 Å². The predicted octanol–water partition coefficient (Wildman–Crippen LogP) is 2.03. The highest BCUT2D eigenvalue weighted by Gasteiger charge is 2.26. The first-order chi connectivity index (χ1) is 9.94. The summed E-state index contributed by atoms with van der Waals surface area (Å²) in [5.41, 5.74) is 0.551. The second-order valence-corrected chi connectivity index (χ2v) is 6.11. The number of benzene rings is 1. The van der Waals surface area contributed by atoms with Crippen molar-refractivity contribution in [2.24, 2.45) is 11.8 Å². The molecule has 0 unspecified atom stereocenters. The van der Waals surface area contributed by atoms with E-state index < -0.39 is 6.61 Å². The first kappa shape index (κ1) is 15.9. The normalized spacial score (nSPS) is 25.9. The standard InChI is InChI=1S/C16H21F2NO2/c1-11-7-12(2)9-19(8-11)10-15(20)13-3-5-14(6-4-13)21-16(17)18/h3-6,11-12,16H,7-10H2,1-2H3/p+1/t11-,12-/m1/s1. The van der Waals surface area contributed by atoms with Gasteiger partial charge in [-0.05, 0) is 30.7 Å². The summed E-state index contributed by atoms with van der Waals surface area (Å²) in [4.78, 5) is 13.6. The number of piperidine rings is 1. The number of hydrogen-bond acceptors (Lipinski definition) is 2. The minimum Gasteiger partial charge on any atom is -0.435 e. The van der Waals surface area contributed by atoms with Crippen LogP contribution in [0.3, 0.4) is 0 Å². The summed E-state index contributed by atoms with van der Waals surface area (Å²) in [5.74, 6) is 1.40. The first-order valence-electron chi connectivity index (χ1n) is 7.35. The van der Waals surface area contributed by atoms with E-state index in [1.807, 2.05) is 0 Å². The lowest BCUT2D eigenvalue weighted by atomic mass is 9.91. The quantitative estimate of drug-likeness (QED) is 0.843. The second kappa shape index (κ2) is 6.98. The van der Waals surface area contributed by atoms with Gasteiger partial charge in [0.15, 0.2) is 0 Å². The fourth-order valence-corrected chi connectivity index (χ4v) is 3.22. The zero-order chi connectivity index (χ0) is 15.4. The Morgan fingerprint density at radius 2 is 1.81 bits per heavy atom. The summed E-state index contributed by atoms with van der Waals surface area (Å²) in [7, 11) is 0. The van der Waals surface area contributed by atoms with Crippen molar-refractivity contribution in [3.05, 3.63) is 29.8 Å². The predicted molar refractivity (Wildman–Crippen MR) is 75.9 cm³/mol. The Balaban J connectivity index is 1.93. The van der Waals surface area contributed by atoms with Crippen LogP contribution in [0.15, 0.2) is 24.3 Å². The molecule has 0 radical (unpaired) electrons. The molecule has 0 amide bonds. The summed E-state index contributed by atoms with van der Waals surface area (Å²) in [5, 5.41) is 0. The lowest BCUT2D eigenvalue weighted by molar-refractivity contribution is -0.903. The lowest BCUT2D eigenvalue weighted by Gasteiger charge is -2.31. The number of carbonyl (C=O) groups excluding carboxylic acids is 1. The molecule has 0 saturated carbocycles. The largest absolute Gasteiger partial charge is 0.435 e. The second-order valence-electron chi connectivity index (χ2n) is 6.11. The third-order valence-corrected chi connectivity index (χ3v) is 3.89. The van der Waals surface area contributed by atoms with Crippen LogP contribution in [0, 0.1) is 11.8 Å². The van der Waals surface area contributed by atoms with Gasteiger partial charge < -0.3 is 9.64 Å². The van der Waals surface area contributed by atoms with E-state index in [1.165, 1.54) is 23.5 Å². The molecule has 1 aromatic carbocycles. The Bertz CT molecular complexity index is 466. The number of nitrogens with one attached hydrogen (secondary N) is 1. The zero-order valence-electron chi connectivity index (χ0n) is 12.4. The number of hydrogen-bond donors (Lipinski definition) is 1. The van der Waals surface area contributed by atoms with Gasteiger partial charge in [0.25, 0.3) is 0 Å². The topological polar surface area (TPSA) is 30.7 Å². The number of likely N-dealkylation sites (tertiary alicyclic amines) is 1. The van der Waals surface area contributed by atoms with Crippen LogP contribution in [0.1, 0.15) is 30.6 Å². The molecule has 1 fully saturated rings. The molecular formula is C16H22F2NO2+. The fraction of sp³-hybridized carbons (Fsp3) is 0.562. The third-order valence-electron chi connectivity index (χ3n) is 3.89. The molecule has 1 heterocycles. The summed E-state index contributed by atoms with van der Waals surface area (Å²) in [6.45, 7) is 4.09. The van der Waals surface area contributed by atoms with Crippen molar-refractivity contribution in [1.82, 2.24) is 0 Å². The molecular weight excluding hydrogens is 276 g/mol. The molecule has 1 aliphatic heterocycles. The minimum absolute atomic E-state index is 0.0508. The highest BCUT2D eigenvalue weighted by atomic mass is 19.3. The molecule has 0 aromatic heterocycles. The number of Topliss-reactive ketones (excluding diaryl/α,β-unsaturated/α-hetero) is 1. The van der Waals surface area contributed by atoms with Crippen molar-refractivity contribution in [2.45, 2.75) is 26.9 Å². The lowest BCUT2D eigenvalue weighted by Crippen LogP contribution is -3.15. The van der Waals surface area contributed by atoms with Crippen molar-refractivity contribution in [1.29, 1.82) is 0 Å². The van der Waals surface area contributed by atoms with Gasteiger partial charge in [-0.1, -0.05) is 13.8 Å². The maximum atomic E-state index is 12.2. The van der Waals surface area contributed by atoms with E-state index in [-0.39, 0.29) is 11.5 Å². The van der Waals surface area contributed by atoms with Crippen LogP contribution in [0.5, 0.6) is 5.75 Å². The number of carbonyl (C=O) groups is 1. The molecule has 0 bridgehead atoms. The van der Waals surface area contributed by atoms with Gasteiger partial charge in [0.05, 0.1) is 13.1 Å². The van der Waals surface area contributed by atoms with Gasteiger partial charge in [0.2, 0.25) is 5.78 Å². The molecule has 1 N–H and O–H groups in total. The number of ketones is 1. The van der Waals surface area contributed by atoms with E-state index >= 15 is 0 Å². The van der Waals surface area contributed by atoms with Crippen LogP contribution in [-0.4, -0.2) is 32.0 Å². The van der Waals surface area contributed by atoms with E-state index in [9.17, 15) is 13.6 Å². The van der Waals surface area contributed by atoms with Gasteiger partial charge >= 0.3 is 6.61 Å². The number of rotatable bonds is 5. The Morgan fingerprint density at radius 3 is 2.33 bits per heavy atom. The van der Waals surface area contributed by atoms with Crippen LogP contribution in [0.2, 0.25) is 0 Å². The monoisotopic (exact) mass is 298 g/mol. The molecule has 2 rings (SSSR count). The molecule has 1 aromatic rings. The van der Waals surface area contributed by atoms with E-state index in [0.717, 1.165) is 13.1 Å². The van der Waals surface area contributed by atoms with Crippen LogP contribution >= 0.6 is 0 Å². The zero-order valence-corrected chi connectivity index (χ0v) is 12.4. The van der Waals surface area contributed by atoms with Gasteiger partial charge in [-0.3, -0.25) is 4.79 Å². The average molecular weight is 298 g/mol. The van der Waals surface area contributed by atoms with Crippen molar-refractivity contribution in [2.75, 3.05) is 19.6 Å². The van der Waals surface area contributed by atoms with E-state index in [0.29, 0.717) is 23.9 Å². The van der Waals surface area contributed by atoms with Crippen molar-refractivity contribution in [3.8, 4) is 5.75 Å². The molecule has 0 aliphatic carbocycles. The number of alkyl halides is 2. The Hall–Kier alpha value is -1.49. The SMILES string of the molecule is C[C@@H]1C[C@@H](C)C[NH+](CC(=O)c2ccc(OC(F)F)cc2)C1. The smallest absolute Gasteiger partial charge is 0.387 e. The maximum Gasteiger partial charge on any atom is 0.387 e. The van der Waals surface area contributed by atoms with Crippen molar-refractivity contribution < 1.29 is 23.2 Å².